The van der Waals surface area contributed by atoms with Crippen LogP contribution in [0.15, 0.2) is 0 Å². The molecule has 0 aromatic heterocycles. The Balaban J connectivity index is 2.20. The Hall–Kier alpha value is -0.840. The number of rotatable bonds is 7. The summed E-state index contributed by atoms with van der Waals surface area (Å²) in [5, 5.41) is -4.59. The number of morpholine rings is 1. The van der Waals surface area contributed by atoms with Gasteiger partial charge in [-0.3, -0.25) is 9.69 Å². The van der Waals surface area contributed by atoms with Gasteiger partial charge >= 0.3 is 11.2 Å². The Kier molecular flexibility index (Phi) is 6.24. The van der Waals surface area contributed by atoms with Crippen LogP contribution in [-0.4, -0.2) is 68.5 Å². The van der Waals surface area contributed by atoms with Gasteiger partial charge in [0.1, 0.15) is 0 Å². The molecule has 1 fully saturated rings. The molecule has 1 saturated heterocycles. The minimum absolute atomic E-state index is 0.119. The van der Waals surface area contributed by atoms with E-state index in [-0.39, 0.29) is 6.42 Å². The highest BCUT2D eigenvalue weighted by molar-refractivity contribution is 7.86. The predicted octanol–water partition coefficient (Wildman–Crippen LogP) is -0.220. The summed E-state index contributed by atoms with van der Waals surface area (Å²) in [4.78, 5) is 13.2. The molecule has 1 aliphatic heterocycles. The average molecular weight is 316 g/mol. The van der Waals surface area contributed by atoms with Crippen molar-refractivity contribution in [3.8, 4) is 0 Å². The summed E-state index contributed by atoms with van der Waals surface area (Å²) < 4.78 is 65.2. The number of esters is 1. The van der Waals surface area contributed by atoms with Crippen LogP contribution in [0.1, 0.15) is 12.8 Å². The van der Waals surface area contributed by atoms with Gasteiger partial charge in [0.2, 0.25) is 0 Å². The van der Waals surface area contributed by atoms with E-state index in [1.807, 2.05) is 4.90 Å². The van der Waals surface area contributed by atoms with Crippen LogP contribution in [0.4, 0.5) is 8.78 Å². The molecule has 7 nitrogen and oxygen atoms in total. The number of carbonyl (C=O) groups is 1. The summed E-state index contributed by atoms with van der Waals surface area (Å²) in [6.07, 6.45) is 0.279. The Bertz CT molecular complexity index is 421. The first-order valence-corrected chi connectivity index (χ1v) is 7.42. The fraction of sp³-hybridized carbons (Fsp3) is 0.900. The van der Waals surface area contributed by atoms with Crippen molar-refractivity contribution >= 4 is 16.1 Å². The lowest BCUT2D eigenvalue weighted by Crippen LogP contribution is -2.37. The molecule has 0 aromatic rings. The third-order valence-corrected chi connectivity index (χ3v) is 3.58. The Morgan fingerprint density at radius 1 is 1.35 bits per heavy atom. The minimum Gasteiger partial charge on any atom is -0.743 e. The van der Waals surface area contributed by atoms with Crippen molar-refractivity contribution in [2.24, 2.45) is 0 Å². The molecular weight excluding hydrogens is 300 g/mol. The SMILES string of the molecule is O=C(CCCN1CCOCC1)OCC(F)(F)S(=O)(=O)[O-]. The maximum atomic E-state index is 12.7. The quantitative estimate of drug-likeness (QED) is 0.473. The molecule has 1 rings (SSSR count). The molecule has 118 valence electrons. The van der Waals surface area contributed by atoms with Crippen LogP contribution in [0.3, 0.4) is 0 Å². The van der Waals surface area contributed by atoms with E-state index in [0.717, 1.165) is 13.1 Å². The van der Waals surface area contributed by atoms with Crippen LogP contribution < -0.4 is 0 Å². The molecule has 10 heteroatoms. The van der Waals surface area contributed by atoms with Crippen molar-refractivity contribution < 1.29 is 36.0 Å². The number of carbonyl (C=O) groups excluding carboxylic acids is 1. The smallest absolute Gasteiger partial charge is 0.367 e. The van der Waals surface area contributed by atoms with Crippen molar-refractivity contribution in [1.29, 1.82) is 0 Å². The van der Waals surface area contributed by atoms with E-state index >= 15 is 0 Å². The minimum atomic E-state index is -5.82. The lowest BCUT2D eigenvalue weighted by molar-refractivity contribution is -0.149. The maximum Gasteiger partial charge on any atom is 0.367 e. The molecule has 20 heavy (non-hydrogen) atoms. The van der Waals surface area contributed by atoms with Gasteiger partial charge in [0.05, 0.1) is 13.2 Å². The number of nitrogens with zero attached hydrogens (tertiary/aromatic N) is 1. The van der Waals surface area contributed by atoms with Crippen LogP contribution in [0.2, 0.25) is 0 Å². The number of hydrogen-bond acceptors (Lipinski definition) is 7. The van der Waals surface area contributed by atoms with E-state index in [4.69, 9.17) is 4.74 Å². The maximum absolute atomic E-state index is 12.7. The van der Waals surface area contributed by atoms with E-state index in [2.05, 4.69) is 4.74 Å². The number of ether oxygens (including phenoxy) is 2. The standard InChI is InChI=1S/C10H17F2NO6S/c11-10(12,20(15,16)17)8-19-9(14)2-1-3-13-4-6-18-7-5-13/h1-8H2,(H,15,16,17)/p-1. The third-order valence-electron chi connectivity index (χ3n) is 2.73. The van der Waals surface area contributed by atoms with Crippen molar-refractivity contribution in [1.82, 2.24) is 4.90 Å². The third kappa shape index (κ3) is 5.65. The normalized spacial score (nSPS) is 17.9. The summed E-state index contributed by atoms with van der Waals surface area (Å²) in [6, 6.07) is 0. The van der Waals surface area contributed by atoms with Crippen LogP contribution in [0.5, 0.6) is 0 Å². The molecule has 0 amide bonds. The van der Waals surface area contributed by atoms with E-state index in [0.29, 0.717) is 26.2 Å². The Morgan fingerprint density at radius 2 is 1.95 bits per heavy atom. The summed E-state index contributed by atoms with van der Waals surface area (Å²) in [7, 11) is -5.82. The van der Waals surface area contributed by atoms with Gasteiger partial charge in [-0.05, 0) is 13.0 Å². The van der Waals surface area contributed by atoms with Crippen molar-refractivity contribution in [3.05, 3.63) is 0 Å². The second-order valence-corrected chi connectivity index (χ2v) is 5.82. The summed E-state index contributed by atoms with van der Waals surface area (Å²) in [5.41, 5.74) is 0. The molecule has 0 radical (unpaired) electrons. The summed E-state index contributed by atoms with van der Waals surface area (Å²) in [6.45, 7) is 1.54. The highest BCUT2D eigenvalue weighted by atomic mass is 32.2. The largest absolute Gasteiger partial charge is 0.743 e. The van der Waals surface area contributed by atoms with E-state index in [1.54, 1.807) is 0 Å². The molecule has 0 atom stereocenters. The highest BCUT2D eigenvalue weighted by Gasteiger charge is 2.39. The molecule has 1 heterocycles. The average Bonchev–Trinajstić information content (AvgIpc) is 2.36. The van der Waals surface area contributed by atoms with Gasteiger partial charge in [-0.15, -0.1) is 0 Å². The predicted molar refractivity (Wildman–Crippen MR) is 62.1 cm³/mol. The van der Waals surface area contributed by atoms with Gasteiger partial charge in [-0.2, -0.15) is 8.78 Å². The van der Waals surface area contributed by atoms with E-state index in [9.17, 15) is 26.5 Å². The van der Waals surface area contributed by atoms with Crippen LogP contribution >= 0.6 is 0 Å². The van der Waals surface area contributed by atoms with Crippen LogP contribution in [-0.2, 0) is 24.4 Å². The molecule has 0 saturated carbocycles. The number of hydrogen-bond donors (Lipinski definition) is 0. The van der Waals surface area contributed by atoms with Gasteiger partial charge in [0.25, 0.3) is 0 Å². The molecule has 0 N–H and O–H groups in total. The molecular formula is C10H16F2NO6S-. The lowest BCUT2D eigenvalue weighted by atomic mass is 10.3. The second kappa shape index (κ2) is 7.25. The monoisotopic (exact) mass is 316 g/mol. The van der Waals surface area contributed by atoms with Crippen LogP contribution in [0.25, 0.3) is 0 Å². The summed E-state index contributed by atoms with van der Waals surface area (Å²) in [5.74, 6) is -0.957. The fourth-order valence-electron chi connectivity index (χ4n) is 1.58. The molecule has 0 bridgehead atoms. The number of halogens is 2. The summed E-state index contributed by atoms with van der Waals surface area (Å²) >= 11 is 0. The second-order valence-electron chi connectivity index (χ2n) is 4.31. The van der Waals surface area contributed by atoms with Crippen molar-refractivity contribution in [3.63, 3.8) is 0 Å². The highest BCUT2D eigenvalue weighted by Crippen LogP contribution is 2.20. The molecule has 0 unspecified atom stereocenters. The van der Waals surface area contributed by atoms with Gasteiger partial charge in [-0.25, -0.2) is 8.42 Å². The van der Waals surface area contributed by atoms with Crippen molar-refractivity contribution in [2.75, 3.05) is 39.5 Å². The van der Waals surface area contributed by atoms with E-state index < -0.39 is 27.9 Å². The van der Waals surface area contributed by atoms with E-state index in [1.165, 1.54) is 0 Å². The van der Waals surface area contributed by atoms with Gasteiger partial charge in [0.15, 0.2) is 16.7 Å². The number of alkyl halides is 2. The molecule has 0 aliphatic carbocycles. The first-order valence-electron chi connectivity index (χ1n) is 6.01. The van der Waals surface area contributed by atoms with Crippen LogP contribution in [0, 0.1) is 0 Å². The molecule has 1 aliphatic rings. The zero-order valence-electron chi connectivity index (χ0n) is 10.7. The zero-order valence-corrected chi connectivity index (χ0v) is 11.5. The first kappa shape index (κ1) is 17.2. The molecule has 0 spiro atoms. The fourth-order valence-corrected chi connectivity index (χ4v) is 1.78. The van der Waals surface area contributed by atoms with Gasteiger partial charge < -0.3 is 14.0 Å². The molecule has 0 aromatic carbocycles. The van der Waals surface area contributed by atoms with Gasteiger partial charge in [0, 0.05) is 19.5 Å². The first-order chi connectivity index (χ1) is 9.22. The Morgan fingerprint density at radius 3 is 2.50 bits per heavy atom. The van der Waals surface area contributed by atoms with Gasteiger partial charge in [-0.1, -0.05) is 0 Å². The lowest BCUT2D eigenvalue weighted by Gasteiger charge is -2.26. The Labute approximate surface area is 115 Å². The topological polar surface area (TPSA) is 96.0 Å². The zero-order chi connectivity index (χ0) is 15.2. The van der Waals surface area contributed by atoms with Crippen molar-refractivity contribution in [2.45, 2.75) is 18.1 Å².